The number of rotatable bonds is 5. The topological polar surface area (TPSA) is 26.3 Å². The maximum Gasteiger partial charge on any atom is 0.160 e. The van der Waals surface area contributed by atoms with Crippen LogP contribution in [-0.4, -0.2) is 18.3 Å². The monoisotopic (exact) mass is 288 g/mol. The summed E-state index contributed by atoms with van der Waals surface area (Å²) in [4.78, 5) is 11.4. The smallest absolute Gasteiger partial charge is 0.160 e. The minimum atomic E-state index is 0.0962. The summed E-state index contributed by atoms with van der Waals surface area (Å²) >= 11 is 5.58. The third-order valence-electron chi connectivity index (χ3n) is 3.14. The highest BCUT2D eigenvalue weighted by atomic mass is 35.5. The molecule has 0 N–H and O–H groups in total. The first-order valence-corrected chi connectivity index (χ1v) is 7.06. The lowest BCUT2D eigenvalue weighted by atomic mass is 9.98. The Balaban J connectivity index is 2.23. The van der Waals surface area contributed by atoms with Crippen molar-refractivity contribution >= 4 is 17.4 Å². The zero-order valence-corrected chi connectivity index (χ0v) is 12.4. The standard InChI is InChI=1S/C17H17ClO2/c1-12-11-15(5-8-17(12)13(2)19)14-3-6-16(7-4-14)20-10-9-18/h3-8,11H,9-10H2,1-2H3. The molecular formula is C17H17ClO2. The van der Waals surface area contributed by atoms with Gasteiger partial charge in [0.2, 0.25) is 0 Å². The Morgan fingerprint density at radius 2 is 1.75 bits per heavy atom. The molecule has 0 radical (unpaired) electrons. The molecule has 0 saturated heterocycles. The number of carbonyl (C=O) groups excluding carboxylic acids is 1. The van der Waals surface area contributed by atoms with Gasteiger partial charge in [0.25, 0.3) is 0 Å². The van der Waals surface area contributed by atoms with Gasteiger partial charge in [-0.15, -0.1) is 11.6 Å². The van der Waals surface area contributed by atoms with Gasteiger partial charge in [-0.1, -0.05) is 30.3 Å². The summed E-state index contributed by atoms with van der Waals surface area (Å²) < 4.78 is 5.44. The second kappa shape index (κ2) is 6.58. The van der Waals surface area contributed by atoms with Crippen molar-refractivity contribution < 1.29 is 9.53 Å². The lowest BCUT2D eigenvalue weighted by Crippen LogP contribution is -1.98. The Labute approximate surface area is 124 Å². The van der Waals surface area contributed by atoms with Crippen LogP contribution in [0.5, 0.6) is 5.75 Å². The van der Waals surface area contributed by atoms with Crippen molar-refractivity contribution in [3.8, 4) is 16.9 Å². The molecule has 0 saturated carbocycles. The molecule has 0 bridgehead atoms. The lowest BCUT2D eigenvalue weighted by molar-refractivity contribution is 0.101. The number of benzene rings is 2. The summed E-state index contributed by atoms with van der Waals surface area (Å²) in [6, 6.07) is 13.7. The SMILES string of the molecule is CC(=O)c1ccc(-c2ccc(OCCCl)cc2)cc1C. The number of hydrogen-bond donors (Lipinski definition) is 0. The molecule has 0 aliphatic carbocycles. The van der Waals surface area contributed by atoms with Gasteiger partial charge in [0.15, 0.2) is 5.78 Å². The van der Waals surface area contributed by atoms with E-state index in [1.807, 2.05) is 49.4 Å². The highest BCUT2D eigenvalue weighted by molar-refractivity contribution is 6.18. The van der Waals surface area contributed by atoms with Crippen LogP contribution < -0.4 is 4.74 Å². The Kier molecular flexibility index (Phi) is 4.80. The van der Waals surface area contributed by atoms with E-state index in [2.05, 4.69) is 0 Å². The van der Waals surface area contributed by atoms with Crippen molar-refractivity contribution in [2.45, 2.75) is 13.8 Å². The van der Waals surface area contributed by atoms with Crippen LogP contribution in [0.1, 0.15) is 22.8 Å². The number of carbonyl (C=O) groups is 1. The quantitative estimate of drug-likeness (QED) is 0.599. The first-order valence-electron chi connectivity index (χ1n) is 6.52. The zero-order chi connectivity index (χ0) is 14.5. The molecule has 0 aliphatic heterocycles. The van der Waals surface area contributed by atoms with Gasteiger partial charge in [0.1, 0.15) is 12.4 Å². The minimum absolute atomic E-state index is 0.0962. The number of aryl methyl sites for hydroxylation is 1. The normalized spacial score (nSPS) is 10.3. The molecule has 0 unspecified atom stereocenters. The van der Waals surface area contributed by atoms with Crippen molar-refractivity contribution in [3.63, 3.8) is 0 Å². The summed E-state index contributed by atoms with van der Waals surface area (Å²) in [5.41, 5.74) is 3.96. The van der Waals surface area contributed by atoms with Crippen molar-refractivity contribution in [3.05, 3.63) is 53.6 Å². The maximum absolute atomic E-state index is 11.4. The fourth-order valence-corrected chi connectivity index (χ4v) is 2.22. The van der Waals surface area contributed by atoms with Gasteiger partial charge in [-0.3, -0.25) is 4.79 Å². The van der Waals surface area contributed by atoms with Crippen molar-refractivity contribution in [1.82, 2.24) is 0 Å². The number of ether oxygens (including phenoxy) is 1. The molecule has 0 amide bonds. The van der Waals surface area contributed by atoms with Crippen molar-refractivity contribution in [1.29, 1.82) is 0 Å². The molecular weight excluding hydrogens is 272 g/mol. The average Bonchev–Trinajstić information content (AvgIpc) is 2.45. The molecule has 0 heterocycles. The third-order valence-corrected chi connectivity index (χ3v) is 3.29. The van der Waals surface area contributed by atoms with Gasteiger partial charge in [0, 0.05) is 5.56 Å². The predicted octanol–water partition coefficient (Wildman–Crippen LogP) is 4.48. The van der Waals surface area contributed by atoms with E-state index < -0.39 is 0 Å². The number of alkyl halides is 1. The van der Waals surface area contributed by atoms with E-state index in [9.17, 15) is 4.79 Å². The van der Waals surface area contributed by atoms with Gasteiger partial charge >= 0.3 is 0 Å². The maximum atomic E-state index is 11.4. The van der Waals surface area contributed by atoms with E-state index in [0.717, 1.165) is 28.0 Å². The van der Waals surface area contributed by atoms with Crippen molar-refractivity contribution in [2.75, 3.05) is 12.5 Å². The molecule has 3 heteroatoms. The molecule has 2 aromatic carbocycles. The summed E-state index contributed by atoms with van der Waals surface area (Å²) in [7, 11) is 0. The summed E-state index contributed by atoms with van der Waals surface area (Å²) in [6.07, 6.45) is 0. The van der Waals surface area contributed by atoms with E-state index in [1.54, 1.807) is 6.92 Å². The first kappa shape index (κ1) is 14.6. The highest BCUT2D eigenvalue weighted by Gasteiger charge is 2.06. The van der Waals surface area contributed by atoms with Gasteiger partial charge in [-0.25, -0.2) is 0 Å². The van der Waals surface area contributed by atoms with Gasteiger partial charge in [-0.2, -0.15) is 0 Å². The molecule has 2 nitrogen and oxygen atoms in total. The Morgan fingerprint density at radius 1 is 1.10 bits per heavy atom. The molecule has 0 aromatic heterocycles. The molecule has 0 atom stereocenters. The largest absolute Gasteiger partial charge is 0.492 e. The van der Waals surface area contributed by atoms with Gasteiger partial charge < -0.3 is 4.74 Å². The lowest BCUT2D eigenvalue weighted by Gasteiger charge is -2.08. The van der Waals surface area contributed by atoms with E-state index in [-0.39, 0.29) is 5.78 Å². The molecule has 2 aromatic rings. The number of hydrogen-bond acceptors (Lipinski definition) is 2. The minimum Gasteiger partial charge on any atom is -0.492 e. The Bertz CT molecular complexity index is 603. The Hall–Kier alpha value is -1.80. The third kappa shape index (κ3) is 3.40. The predicted molar refractivity (Wildman–Crippen MR) is 82.8 cm³/mol. The average molecular weight is 289 g/mol. The Morgan fingerprint density at radius 3 is 2.30 bits per heavy atom. The van der Waals surface area contributed by atoms with Crippen LogP contribution in [0.15, 0.2) is 42.5 Å². The van der Waals surface area contributed by atoms with Crippen LogP contribution in [0.25, 0.3) is 11.1 Å². The zero-order valence-electron chi connectivity index (χ0n) is 11.7. The van der Waals surface area contributed by atoms with Crippen LogP contribution in [0.4, 0.5) is 0 Å². The van der Waals surface area contributed by atoms with Crippen LogP contribution >= 0.6 is 11.6 Å². The summed E-state index contributed by atoms with van der Waals surface area (Å²) in [5.74, 6) is 1.39. The van der Waals surface area contributed by atoms with Crippen LogP contribution in [0.3, 0.4) is 0 Å². The number of halogens is 1. The van der Waals surface area contributed by atoms with E-state index in [4.69, 9.17) is 16.3 Å². The second-order valence-corrected chi connectivity index (χ2v) is 5.03. The summed E-state index contributed by atoms with van der Waals surface area (Å²) in [5, 5.41) is 0. The summed E-state index contributed by atoms with van der Waals surface area (Å²) in [6.45, 7) is 4.05. The molecule has 0 spiro atoms. The van der Waals surface area contributed by atoms with Gasteiger partial charge in [0.05, 0.1) is 5.88 Å². The number of ketones is 1. The molecule has 2 rings (SSSR count). The number of Topliss-reactive ketones (excluding diaryl/α,β-unsaturated/α-hetero) is 1. The molecule has 0 aliphatic rings. The second-order valence-electron chi connectivity index (χ2n) is 4.65. The fourth-order valence-electron chi connectivity index (χ4n) is 2.14. The first-order chi connectivity index (χ1) is 9.61. The molecule has 20 heavy (non-hydrogen) atoms. The van der Waals surface area contributed by atoms with Gasteiger partial charge in [-0.05, 0) is 42.7 Å². The van der Waals surface area contributed by atoms with Crippen LogP contribution in [0.2, 0.25) is 0 Å². The van der Waals surface area contributed by atoms with E-state index >= 15 is 0 Å². The van der Waals surface area contributed by atoms with Crippen LogP contribution in [0, 0.1) is 6.92 Å². The van der Waals surface area contributed by atoms with E-state index in [0.29, 0.717) is 12.5 Å². The molecule has 104 valence electrons. The highest BCUT2D eigenvalue weighted by Crippen LogP contribution is 2.24. The van der Waals surface area contributed by atoms with Crippen LogP contribution in [-0.2, 0) is 0 Å². The molecule has 0 fully saturated rings. The fraction of sp³-hybridized carbons (Fsp3) is 0.235. The van der Waals surface area contributed by atoms with Crippen molar-refractivity contribution in [2.24, 2.45) is 0 Å². The van der Waals surface area contributed by atoms with E-state index in [1.165, 1.54) is 0 Å².